The molecule has 8 heteroatoms. The summed E-state index contributed by atoms with van der Waals surface area (Å²) < 4.78 is 0. The van der Waals surface area contributed by atoms with E-state index in [1.165, 1.54) is 0 Å². The van der Waals surface area contributed by atoms with Gasteiger partial charge in [-0.3, -0.25) is 0 Å². The summed E-state index contributed by atoms with van der Waals surface area (Å²) >= 11 is 4.94. The fourth-order valence-corrected chi connectivity index (χ4v) is 0. The Kier molecular flexibility index (Phi) is 353. The van der Waals surface area contributed by atoms with Crippen molar-refractivity contribution in [1.29, 1.82) is 0 Å². The van der Waals surface area contributed by atoms with Crippen LogP contribution in [0.1, 0.15) is 0 Å². The molecule has 0 unspecified atom stereocenters. The van der Waals surface area contributed by atoms with Gasteiger partial charge in [-0.15, -0.1) is 73.6 Å². The van der Waals surface area contributed by atoms with Crippen LogP contribution in [0.5, 0.6) is 0 Å². The van der Waals surface area contributed by atoms with Gasteiger partial charge in [-0.1, -0.05) is 0 Å². The molecule has 0 aromatic rings. The standard InChI is InChI=1S/C2H5ClO.5ClH.W/c3-1-2-4;;;;;;/h4H,1-2H2;5*1H;. The van der Waals surface area contributed by atoms with Crippen LogP contribution in [0.25, 0.3) is 0 Å². The molecule has 0 radical (unpaired) electrons. The summed E-state index contributed by atoms with van der Waals surface area (Å²) in [5.41, 5.74) is 0. The van der Waals surface area contributed by atoms with E-state index in [1.807, 2.05) is 0 Å². The molecule has 0 aliphatic heterocycles. The third-order valence-electron chi connectivity index (χ3n) is 0.0845. The average Bonchev–Trinajstić information content (AvgIpc) is 1.37. The van der Waals surface area contributed by atoms with Gasteiger partial charge in [0.15, 0.2) is 0 Å². The van der Waals surface area contributed by atoms with E-state index >= 15 is 0 Å². The Bertz CT molecular complexity index is 17.7. The van der Waals surface area contributed by atoms with E-state index in [2.05, 4.69) is 0 Å². The molecule has 0 atom stereocenters. The van der Waals surface area contributed by atoms with Crippen molar-refractivity contribution in [3.8, 4) is 0 Å². The van der Waals surface area contributed by atoms with E-state index in [-0.39, 0.29) is 89.7 Å². The minimum Gasteiger partial charge on any atom is -0.395 e. The first-order valence-corrected chi connectivity index (χ1v) is 1.62. The van der Waals surface area contributed by atoms with Crippen molar-refractivity contribution in [1.82, 2.24) is 0 Å². The Labute approximate surface area is 111 Å². The topological polar surface area (TPSA) is 20.2 Å². The first-order valence-electron chi connectivity index (χ1n) is 1.08. The number of aliphatic hydroxyl groups is 1. The number of hydrogen-bond acceptors (Lipinski definition) is 1. The Morgan fingerprint density at radius 1 is 0.900 bits per heavy atom. The number of alkyl halides is 1. The van der Waals surface area contributed by atoms with Crippen LogP contribution in [-0.2, 0) is 21.1 Å². The zero-order valence-electron chi connectivity index (χ0n) is 4.69. The van der Waals surface area contributed by atoms with Crippen molar-refractivity contribution >= 4 is 73.6 Å². The second kappa shape index (κ2) is 63.8. The van der Waals surface area contributed by atoms with Gasteiger partial charge >= 0.3 is 0 Å². The Hall–Kier alpha value is 2.39. The van der Waals surface area contributed by atoms with Crippen molar-refractivity contribution in [2.45, 2.75) is 0 Å². The summed E-state index contributed by atoms with van der Waals surface area (Å²) in [5, 5.41) is 7.74. The molecular formula is C2H10Cl6OW. The maximum Gasteiger partial charge on any atom is 0.0566 e. The maximum atomic E-state index is 7.74. The van der Waals surface area contributed by atoms with Gasteiger partial charge in [0.25, 0.3) is 0 Å². The van der Waals surface area contributed by atoms with Crippen LogP contribution in [0.15, 0.2) is 0 Å². The molecule has 0 aromatic heterocycles. The van der Waals surface area contributed by atoms with Gasteiger partial charge in [0.05, 0.1) is 6.61 Å². The van der Waals surface area contributed by atoms with Crippen LogP contribution < -0.4 is 0 Å². The Morgan fingerprint density at radius 2 is 1.00 bits per heavy atom. The summed E-state index contributed by atoms with van der Waals surface area (Å²) in [6, 6.07) is 0. The third-order valence-corrected chi connectivity index (χ3v) is 0.254. The molecule has 72 valence electrons. The van der Waals surface area contributed by atoms with E-state index in [1.54, 1.807) is 0 Å². The molecule has 0 saturated heterocycles. The van der Waals surface area contributed by atoms with Crippen LogP contribution in [0.4, 0.5) is 0 Å². The first-order chi connectivity index (χ1) is 1.91. The molecule has 0 rings (SSSR count). The van der Waals surface area contributed by atoms with Crippen molar-refractivity contribution in [3.05, 3.63) is 0 Å². The van der Waals surface area contributed by atoms with Gasteiger partial charge < -0.3 is 5.11 Å². The number of hydrogen-bond donors (Lipinski definition) is 1. The van der Waals surface area contributed by atoms with Crippen LogP contribution >= 0.6 is 73.6 Å². The first kappa shape index (κ1) is 55.3. The quantitative estimate of drug-likeness (QED) is 0.613. The van der Waals surface area contributed by atoms with E-state index in [0.717, 1.165) is 0 Å². The van der Waals surface area contributed by atoms with Gasteiger partial charge in [0, 0.05) is 26.9 Å². The second-order valence-corrected chi connectivity index (χ2v) is 0.791. The largest absolute Gasteiger partial charge is 0.395 e. The monoisotopic (exact) mass is 444 g/mol. The maximum absolute atomic E-state index is 7.74. The molecule has 0 amide bonds. The van der Waals surface area contributed by atoms with Crippen LogP contribution in [0.2, 0.25) is 0 Å². The van der Waals surface area contributed by atoms with Crippen molar-refractivity contribution in [2.24, 2.45) is 0 Å². The second-order valence-electron chi connectivity index (χ2n) is 0.413. The van der Waals surface area contributed by atoms with Crippen molar-refractivity contribution in [3.63, 3.8) is 0 Å². The molecule has 0 aromatic carbocycles. The van der Waals surface area contributed by atoms with Gasteiger partial charge in [0.2, 0.25) is 0 Å². The molecule has 0 aliphatic rings. The SMILES string of the molecule is Cl.Cl.Cl.Cl.Cl.OCCCl.[W]. The Balaban J connectivity index is -0.00000000300. The van der Waals surface area contributed by atoms with Gasteiger partial charge in [-0.2, -0.15) is 0 Å². The zero-order valence-corrected chi connectivity index (χ0v) is 12.5. The molecule has 10 heavy (non-hydrogen) atoms. The summed E-state index contributed by atoms with van der Waals surface area (Å²) in [6.45, 7) is 0.0849. The number of halogens is 6. The average molecular weight is 447 g/mol. The number of rotatable bonds is 1. The van der Waals surface area contributed by atoms with E-state index in [9.17, 15) is 0 Å². The molecular weight excluding hydrogens is 437 g/mol. The molecule has 0 spiro atoms. The third kappa shape index (κ3) is 79.8. The summed E-state index contributed by atoms with van der Waals surface area (Å²) in [5.74, 6) is 0.347. The fraction of sp³-hybridized carbons (Fsp3) is 1.00. The van der Waals surface area contributed by atoms with Crippen molar-refractivity contribution in [2.75, 3.05) is 12.5 Å². The predicted molar refractivity (Wildman–Crippen MR) is 54.0 cm³/mol. The van der Waals surface area contributed by atoms with E-state index in [0.29, 0.717) is 5.88 Å². The smallest absolute Gasteiger partial charge is 0.0566 e. The summed E-state index contributed by atoms with van der Waals surface area (Å²) in [6.07, 6.45) is 0. The van der Waals surface area contributed by atoms with Crippen LogP contribution in [0.3, 0.4) is 0 Å². The molecule has 0 saturated carbocycles. The molecule has 1 nitrogen and oxygen atoms in total. The molecule has 0 bridgehead atoms. The minimum absolute atomic E-state index is 0. The summed E-state index contributed by atoms with van der Waals surface area (Å²) in [7, 11) is 0. The minimum atomic E-state index is 0. The van der Waals surface area contributed by atoms with Crippen LogP contribution in [0, 0.1) is 0 Å². The summed E-state index contributed by atoms with van der Waals surface area (Å²) in [4.78, 5) is 0. The van der Waals surface area contributed by atoms with Gasteiger partial charge in [-0.25, -0.2) is 0 Å². The fourth-order valence-electron chi connectivity index (χ4n) is 0. The van der Waals surface area contributed by atoms with Gasteiger partial charge in [0.1, 0.15) is 0 Å². The normalized spacial score (nSPS) is 3.00. The molecule has 0 fully saturated rings. The molecule has 0 aliphatic carbocycles. The van der Waals surface area contributed by atoms with E-state index < -0.39 is 0 Å². The van der Waals surface area contributed by atoms with E-state index in [4.69, 9.17) is 16.7 Å². The zero-order chi connectivity index (χ0) is 3.41. The predicted octanol–water partition coefficient (Wildman–Crippen LogP) is 2.32. The van der Waals surface area contributed by atoms with Crippen molar-refractivity contribution < 1.29 is 26.2 Å². The number of aliphatic hydroxyl groups excluding tert-OH is 1. The molecule has 0 heterocycles. The van der Waals surface area contributed by atoms with Gasteiger partial charge in [-0.05, 0) is 0 Å². The molecule has 1 N–H and O–H groups in total. The van der Waals surface area contributed by atoms with Crippen LogP contribution in [-0.4, -0.2) is 17.6 Å². The Morgan fingerprint density at radius 3 is 1.00 bits per heavy atom.